The Bertz CT molecular complexity index is 606. The summed E-state index contributed by atoms with van der Waals surface area (Å²) in [6.07, 6.45) is 4.38. The average Bonchev–Trinajstić information content (AvgIpc) is 2.92. The number of aromatic nitrogens is 3. The second kappa shape index (κ2) is 5.01. The Hall–Kier alpha value is -2.28. The van der Waals surface area contributed by atoms with E-state index < -0.39 is 5.54 Å². The molecule has 1 fully saturated rings. The van der Waals surface area contributed by atoms with Gasteiger partial charge in [0.05, 0.1) is 12.1 Å². The molecule has 20 heavy (non-hydrogen) atoms. The Kier molecular flexibility index (Phi) is 3.19. The fourth-order valence-corrected chi connectivity index (χ4v) is 2.05. The Morgan fingerprint density at radius 1 is 1.45 bits per heavy atom. The topological polar surface area (TPSA) is 107 Å². The first-order valence-corrected chi connectivity index (χ1v) is 6.49. The van der Waals surface area contributed by atoms with Gasteiger partial charge in [0.25, 0.3) is 5.91 Å². The zero-order chi connectivity index (χ0) is 14.0. The zero-order valence-electron chi connectivity index (χ0n) is 10.9. The minimum absolute atomic E-state index is 0.165. The number of carbonyl (C=O) groups excluding carboxylic acids is 1. The summed E-state index contributed by atoms with van der Waals surface area (Å²) < 4.78 is 5.10. The molecule has 0 bridgehead atoms. The molecule has 3 N–H and O–H groups in total. The van der Waals surface area contributed by atoms with E-state index in [1.807, 2.05) is 0 Å². The van der Waals surface area contributed by atoms with Crippen LogP contribution in [-0.2, 0) is 12.1 Å². The van der Waals surface area contributed by atoms with Crippen molar-refractivity contribution in [3.8, 4) is 0 Å². The van der Waals surface area contributed by atoms with Crippen LogP contribution in [0.2, 0.25) is 0 Å². The first-order chi connectivity index (χ1) is 9.67. The van der Waals surface area contributed by atoms with Crippen molar-refractivity contribution >= 4 is 5.91 Å². The van der Waals surface area contributed by atoms with E-state index in [-0.39, 0.29) is 12.5 Å². The molecular weight excluding hydrogens is 258 g/mol. The summed E-state index contributed by atoms with van der Waals surface area (Å²) >= 11 is 0. The molecule has 0 spiro atoms. The lowest BCUT2D eigenvalue weighted by Crippen LogP contribution is -2.44. The van der Waals surface area contributed by atoms with Crippen molar-refractivity contribution in [1.29, 1.82) is 0 Å². The van der Waals surface area contributed by atoms with E-state index in [0.717, 1.165) is 19.3 Å². The van der Waals surface area contributed by atoms with Crippen molar-refractivity contribution in [3.05, 3.63) is 41.8 Å². The Balaban J connectivity index is 1.60. The molecule has 0 unspecified atom stereocenters. The van der Waals surface area contributed by atoms with Gasteiger partial charge < -0.3 is 15.6 Å². The van der Waals surface area contributed by atoms with E-state index in [1.54, 1.807) is 24.4 Å². The quantitative estimate of drug-likeness (QED) is 0.850. The Morgan fingerprint density at radius 2 is 2.30 bits per heavy atom. The minimum atomic E-state index is -0.452. The van der Waals surface area contributed by atoms with Crippen molar-refractivity contribution in [3.63, 3.8) is 0 Å². The highest BCUT2D eigenvalue weighted by Gasteiger charge is 2.38. The van der Waals surface area contributed by atoms with E-state index >= 15 is 0 Å². The highest BCUT2D eigenvalue weighted by Crippen LogP contribution is 2.36. The first kappa shape index (κ1) is 12.7. The number of hydrogen-bond donors (Lipinski definition) is 2. The molecule has 0 atom stereocenters. The van der Waals surface area contributed by atoms with Gasteiger partial charge in [-0.3, -0.25) is 9.78 Å². The molecule has 2 heterocycles. The predicted molar refractivity (Wildman–Crippen MR) is 69.4 cm³/mol. The van der Waals surface area contributed by atoms with Gasteiger partial charge in [-0.05, 0) is 31.4 Å². The molecule has 1 aliphatic rings. The normalized spacial score (nSPS) is 16.4. The van der Waals surface area contributed by atoms with Crippen molar-refractivity contribution in [1.82, 2.24) is 20.4 Å². The summed E-state index contributed by atoms with van der Waals surface area (Å²) in [5.74, 6) is 0.586. The van der Waals surface area contributed by atoms with E-state index in [4.69, 9.17) is 10.3 Å². The van der Waals surface area contributed by atoms with Crippen LogP contribution in [-0.4, -0.2) is 21.0 Å². The number of nitrogens with two attached hydrogens (primary N) is 1. The lowest BCUT2D eigenvalue weighted by atomic mass is 9.77. The average molecular weight is 273 g/mol. The molecule has 0 aliphatic heterocycles. The smallest absolute Gasteiger partial charge is 0.270 e. The molecule has 0 saturated heterocycles. The van der Waals surface area contributed by atoms with Crippen LogP contribution in [0.3, 0.4) is 0 Å². The molecule has 0 radical (unpaired) electrons. The van der Waals surface area contributed by atoms with Crippen LogP contribution in [0.5, 0.6) is 0 Å². The molecule has 2 aromatic rings. The van der Waals surface area contributed by atoms with Gasteiger partial charge in [0.15, 0.2) is 5.82 Å². The number of amides is 1. The monoisotopic (exact) mass is 273 g/mol. The standard InChI is InChI=1S/C13H15N5O2/c14-13(5-3-6-13)12-17-10(20-18-12)8-16-11(19)9-4-1-2-7-15-9/h1-2,4,7H,3,5-6,8,14H2,(H,16,19). The highest BCUT2D eigenvalue weighted by molar-refractivity contribution is 5.91. The fourth-order valence-electron chi connectivity index (χ4n) is 2.05. The maximum absolute atomic E-state index is 11.8. The largest absolute Gasteiger partial charge is 0.342 e. The molecule has 7 heteroatoms. The number of nitrogens with one attached hydrogen (secondary N) is 1. The van der Waals surface area contributed by atoms with Gasteiger partial charge in [-0.1, -0.05) is 11.2 Å². The van der Waals surface area contributed by atoms with Gasteiger partial charge in [0, 0.05) is 6.20 Å². The second-order valence-electron chi connectivity index (χ2n) is 4.92. The zero-order valence-corrected chi connectivity index (χ0v) is 10.9. The molecule has 1 saturated carbocycles. The molecule has 1 aliphatic carbocycles. The molecule has 1 amide bonds. The SMILES string of the molecule is NC1(c2noc(CNC(=O)c3ccccn3)n2)CCC1. The predicted octanol–water partition coefficient (Wildman–Crippen LogP) is 0.732. The van der Waals surface area contributed by atoms with Gasteiger partial charge in [0.2, 0.25) is 5.89 Å². The summed E-state index contributed by atoms with van der Waals surface area (Å²) in [6, 6.07) is 5.14. The third-order valence-electron chi connectivity index (χ3n) is 3.46. The fraction of sp³-hybridized carbons (Fsp3) is 0.385. The maximum Gasteiger partial charge on any atom is 0.270 e. The van der Waals surface area contributed by atoms with E-state index in [2.05, 4.69) is 20.4 Å². The van der Waals surface area contributed by atoms with Gasteiger partial charge in [-0.25, -0.2) is 0 Å². The molecule has 3 rings (SSSR count). The minimum Gasteiger partial charge on any atom is -0.342 e. The van der Waals surface area contributed by atoms with Crippen LogP contribution in [0.1, 0.15) is 41.5 Å². The van der Waals surface area contributed by atoms with Crippen molar-refractivity contribution in [2.45, 2.75) is 31.3 Å². The maximum atomic E-state index is 11.8. The third-order valence-corrected chi connectivity index (χ3v) is 3.46. The summed E-state index contributed by atoms with van der Waals surface area (Å²) in [7, 11) is 0. The molecule has 104 valence electrons. The van der Waals surface area contributed by atoms with E-state index in [9.17, 15) is 4.79 Å². The number of hydrogen-bond acceptors (Lipinski definition) is 6. The van der Waals surface area contributed by atoms with Crippen LogP contribution in [0.4, 0.5) is 0 Å². The van der Waals surface area contributed by atoms with Gasteiger partial charge in [0.1, 0.15) is 5.69 Å². The summed E-state index contributed by atoms with van der Waals surface area (Å²) in [5, 5.41) is 6.56. The highest BCUT2D eigenvalue weighted by atomic mass is 16.5. The molecule has 0 aromatic carbocycles. The van der Waals surface area contributed by atoms with E-state index in [1.165, 1.54) is 0 Å². The summed E-state index contributed by atoms with van der Waals surface area (Å²) in [5.41, 5.74) is 6.00. The second-order valence-corrected chi connectivity index (χ2v) is 4.92. The van der Waals surface area contributed by atoms with Crippen molar-refractivity contribution in [2.75, 3.05) is 0 Å². The lowest BCUT2D eigenvalue weighted by molar-refractivity contribution is 0.0941. The van der Waals surface area contributed by atoms with Crippen molar-refractivity contribution < 1.29 is 9.32 Å². The number of nitrogens with zero attached hydrogens (tertiary/aromatic N) is 3. The molecular formula is C13H15N5O2. The van der Waals surface area contributed by atoms with Crippen LogP contribution >= 0.6 is 0 Å². The van der Waals surface area contributed by atoms with Crippen LogP contribution in [0.15, 0.2) is 28.9 Å². The van der Waals surface area contributed by atoms with Crippen LogP contribution < -0.4 is 11.1 Å². The molecule has 2 aromatic heterocycles. The van der Waals surface area contributed by atoms with Gasteiger partial charge >= 0.3 is 0 Å². The molecule has 7 nitrogen and oxygen atoms in total. The summed E-state index contributed by atoms with van der Waals surface area (Å²) in [6.45, 7) is 0.165. The number of pyridine rings is 1. The Labute approximate surface area is 115 Å². The third kappa shape index (κ3) is 2.39. The van der Waals surface area contributed by atoms with Gasteiger partial charge in [-0.15, -0.1) is 0 Å². The van der Waals surface area contributed by atoms with E-state index in [0.29, 0.717) is 17.4 Å². The first-order valence-electron chi connectivity index (χ1n) is 6.49. The van der Waals surface area contributed by atoms with Crippen LogP contribution in [0, 0.1) is 0 Å². The van der Waals surface area contributed by atoms with Crippen molar-refractivity contribution in [2.24, 2.45) is 5.73 Å². The number of rotatable bonds is 4. The number of carbonyl (C=O) groups is 1. The Morgan fingerprint density at radius 3 is 2.95 bits per heavy atom. The van der Waals surface area contributed by atoms with Gasteiger partial charge in [-0.2, -0.15) is 4.98 Å². The van der Waals surface area contributed by atoms with Crippen LogP contribution in [0.25, 0.3) is 0 Å². The lowest BCUT2D eigenvalue weighted by Gasteiger charge is -2.34. The summed E-state index contributed by atoms with van der Waals surface area (Å²) in [4.78, 5) is 20.0.